The number of nitrogen functional groups attached to an aromatic ring is 1. The zero-order chi connectivity index (χ0) is 18.1. The van der Waals surface area contributed by atoms with Crippen LogP contribution in [-0.2, 0) is 0 Å². The van der Waals surface area contributed by atoms with Gasteiger partial charge in [0.2, 0.25) is 0 Å². The molecule has 4 heterocycles. The van der Waals surface area contributed by atoms with Crippen molar-refractivity contribution < 1.29 is 4.79 Å². The van der Waals surface area contributed by atoms with Crippen molar-refractivity contribution in [1.82, 2.24) is 19.9 Å². The summed E-state index contributed by atoms with van der Waals surface area (Å²) in [6.07, 6.45) is 6.43. The Morgan fingerprint density at radius 2 is 2.00 bits per heavy atom. The summed E-state index contributed by atoms with van der Waals surface area (Å²) in [6.45, 7) is 1.55. The van der Waals surface area contributed by atoms with Crippen LogP contribution in [0.3, 0.4) is 0 Å². The van der Waals surface area contributed by atoms with Gasteiger partial charge >= 0.3 is 0 Å². The van der Waals surface area contributed by atoms with E-state index in [1.807, 2.05) is 11.0 Å². The predicted molar refractivity (Wildman–Crippen MR) is 99.5 cm³/mol. The number of amides is 1. The number of anilines is 1. The smallest absolute Gasteiger partial charge is 0.266 e. The van der Waals surface area contributed by atoms with Crippen LogP contribution in [0.2, 0.25) is 0 Å². The molecule has 4 rings (SSSR count). The predicted octanol–water partition coefficient (Wildman–Crippen LogP) is 2.83. The maximum absolute atomic E-state index is 12.8. The lowest BCUT2D eigenvalue weighted by atomic mass is 10.1. The molecule has 0 aromatic carbocycles. The van der Waals surface area contributed by atoms with Crippen molar-refractivity contribution in [3.63, 3.8) is 0 Å². The average Bonchev–Trinajstić information content (AvgIpc) is 3.04. The molecular weight excluding hydrogens is 348 g/mol. The second kappa shape index (κ2) is 6.69. The van der Waals surface area contributed by atoms with Gasteiger partial charge in [-0.1, -0.05) is 0 Å². The normalized spacial score (nSPS) is 14.3. The summed E-state index contributed by atoms with van der Waals surface area (Å²) in [6, 6.07) is 5.40. The number of thiophene rings is 1. The highest BCUT2D eigenvalue weighted by Gasteiger charge is 2.24. The Kier molecular flexibility index (Phi) is 4.22. The standard InChI is InChI=1S/C18H16N6OS/c19-8-12-5-4-11(9-21-12)13-10-22-15-14(20)16(26-17(15)23-13)18(25)24-6-2-1-3-7-24/h4-5,9-10H,1-3,6-7,20H2. The third-order valence-electron chi connectivity index (χ3n) is 4.45. The van der Waals surface area contributed by atoms with Crippen molar-refractivity contribution >= 4 is 33.3 Å². The van der Waals surface area contributed by atoms with Gasteiger partial charge in [0.05, 0.1) is 17.6 Å². The number of nitrogens with zero attached hydrogens (tertiary/aromatic N) is 5. The number of pyridine rings is 1. The molecule has 26 heavy (non-hydrogen) atoms. The fourth-order valence-electron chi connectivity index (χ4n) is 3.04. The molecule has 0 aliphatic carbocycles. The molecule has 3 aromatic heterocycles. The Morgan fingerprint density at radius 3 is 2.69 bits per heavy atom. The maximum atomic E-state index is 12.8. The molecular formula is C18H16N6OS. The van der Waals surface area contributed by atoms with Crippen LogP contribution < -0.4 is 5.73 Å². The zero-order valence-electron chi connectivity index (χ0n) is 14.0. The summed E-state index contributed by atoms with van der Waals surface area (Å²) in [7, 11) is 0. The molecule has 3 aromatic rings. The molecule has 1 fully saturated rings. The lowest BCUT2D eigenvalue weighted by Gasteiger charge is -2.26. The Labute approximate surface area is 154 Å². The lowest BCUT2D eigenvalue weighted by molar-refractivity contribution is 0.0730. The van der Waals surface area contributed by atoms with Gasteiger partial charge in [0, 0.05) is 24.8 Å². The van der Waals surface area contributed by atoms with Gasteiger partial charge in [0.15, 0.2) is 0 Å². The zero-order valence-corrected chi connectivity index (χ0v) is 14.8. The molecule has 8 heteroatoms. The lowest BCUT2D eigenvalue weighted by Crippen LogP contribution is -2.35. The van der Waals surface area contributed by atoms with E-state index in [0.29, 0.717) is 32.3 Å². The van der Waals surface area contributed by atoms with Gasteiger partial charge in [-0.15, -0.1) is 11.3 Å². The molecule has 0 radical (unpaired) electrons. The second-order valence-electron chi connectivity index (χ2n) is 6.15. The monoisotopic (exact) mass is 364 g/mol. The summed E-state index contributed by atoms with van der Waals surface area (Å²) in [5.74, 6) is -0.0337. The minimum atomic E-state index is -0.0337. The van der Waals surface area contributed by atoms with E-state index in [9.17, 15) is 4.79 Å². The van der Waals surface area contributed by atoms with Crippen molar-refractivity contribution in [1.29, 1.82) is 5.26 Å². The fraction of sp³-hybridized carbons (Fsp3) is 0.278. The van der Waals surface area contributed by atoms with Crippen molar-refractivity contribution in [2.24, 2.45) is 0 Å². The van der Waals surface area contributed by atoms with Crippen LogP contribution in [0, 0.1) is 11.3 Å². The highest BCUT2D eigenvalue weighted by molar-refractivity contribution is 7.21. The van der Waals surface area contributed by atoms with E-state index in [0.717, 1.165) is 37.9 Å². The Bertz CT molecular complexity index is 1010. The molecule has 1 amide bonds. The van der Waals surface area contributed by atoms with Crippen LogP contribution in [0.4, 0.5) is 5.69 Å². The van der Waals surface area contributed by atoms with E-state index < -0.39 is 0 Å². The summed E-state index contributed by atoms with van der Waals surface area (Å²) >= 11 is 1.28. The number of nitrogens with two attached hydrogens (primary N) is 1. The van der Waals surface area contributed by atoms with E-state index in [4.69, 9.17) is 11.0 Å². The van der Waals surface area contributed by atoms with E-state index >= 15 is 0 Å². The average molecular weight is 364 g/mol. The highest BCUT2D eigenvalue weighted by atomic mass is 32.1. The molecule has 1 aliphatic rings. The van der Waals surface area contributed by atoms with Crippen LogP contribution in [0.15, 0.2) is 24.5 Å². The molecule has 0 bridgehead atoms. The summed E-state index contributed by atoms with van der Waals surface area (Å²) in [5, 5.41) is 8.84. The number of aromatic nitrogens is 3. The Hall–Kier alpha value is -3.05. The van der Waals surface area contributed by atoms with Gasteiger partial charge in [-0.05, 0) is 31.4 Å². The van der Waals surface area contributed by atoms with E-state index in [1.165, 1.54) is 11.3 Å². The molecule has 1 aliphatic heterocycles. The minimum absolute atomic E-state index is 0.0337. The third kappa shape index (κ3) is 2.86. The van der Waals surface area contributed by atoms with Crippen LogP contribution >= 0.6 is 11.3 Å². The number of hydrogen-bond donors (Lipinski definition) is 1. The second-order valence-corrected chi connectivity index (χ2v) is 7.15. The van der Waals surface area contributed by atoms with Crippen molar-refractivity contribution in [3.8, 4) is 17.3 Å². The van der Waals surface area contributed by atoms with Gasteiger partial charge in [-0.2, -0.15) is 5.26 Å². The topological polar surface area (TPSA) is 109 Å². The van der Waals surface area contributed by atoms with Crippen molar-refractivity contribution in [3.05, 3.63) is 35.1 Å². The number of likely N-dealkylation sites (tertiary alicyclic amines) is 1. The van der Waals surface area contributed by atoms with Crippen LogP contribution in [0.25, 0.3) is 21.6 Å². The number of nitriles is 1. The minimum Gasteiger partial charge on any atom is -0.396 e. The first-order valence-corrected chi connectivity index (χ1v) is 9.20. The molecule has 0 atom stereocenters. The molecule has 2 N–H and O–H groups in total. The van der Waals surface area contributed by atoms with Crippen LogP contribution in [0.5, 0.6) is 0 Å². The first-order chi connectivity index (χ1) is 12.7. The summed E-state index contributed by atoms with van der Waals surface area (Å²) < 4.78 is 0. The maximum Gasteiger partial charge on any atom is 0.266 e. The molecule has 0 saturated carbocycles. The van der Waals surface area contributed by atoms with E-state index in [2.05, 4.69) is 15.0 Å². The molecule has 130 valence electrons. The highest BCUT2D eigenvalue weighted by Crippen LogP contribution is 2.33. The van der Waals surface area contributed by atoms with Crippen molar-refractivity contribution in [2.45, 2.75) is 19.3 Å². The number of rotatable bonds is 2. The Morgan fingerprint density at radius 1 is 1.19 bits per heavy atom. The summed E-state index contributed by atoms with van der Waals surface area (Å²) in [4.78, 5) is 28.8. The van der Waals surface area contributed by atoms with Gasteiger partial charge in [0.1, 0.15) is 27.0 Å². The van der Waals surface area contributed by atoms with Gasteiger partial charge in [0.25, 0.3) is 5.91 Å². The third-order valence-corrected chi connectivity index (χ3v) is 5.53. The number of piperidine rings is 1. The van der Waals surface area contributed by atoms with Gasteiger partial charge < -0.3 is 10.6 Å². The van der Waals surface area contributed by atoms with E-state index in [-0.39, 0.29) is 5.91 Å². The number of hydrogen-bond acceptors (Lipinski definition) is 7. The quantitative estimate of drug-likeness (QED) is 0.749. The summed E-state index contributed by atoms with van der Waals surface area (Å²) in [5.41, 5.74) is 8.88. The largest absolute Gasteiger partial charge is 0.396 e. The number of fused-ring (bicyclic) bond motifs is 1. The molecule has 7 nitrogen and oxygen atoms in total. The van der Waals surface area contributed by atoms with Gasteiger partial charge in [-0.25, -0.2) is 15.0 Å². The fourth-order valence-corrected chi connectivity index (χ4v) is 4.06. The first-order valence-electron chi connectivity index (χ1n) is 8.38. The van der Waals surface area contributed by atoms with Crippen LogP contribution in [-0.4, -0.2) is 38.8 Å². The van der Waals surface area contributed by atoms with Crippen molar-refractivity contribution in [2.75, 3.05) is 18.8 Å². The molecule has 1 saturated heterocycles. The van der Waals surface area contributed by atoms with Gasteiger partial charge in [-0.3, -0.25) is 4.79 Å². The first kappa shape index (κ1) is 16.4. The number of carbonyl (C=O) groups excluding carboxylic acids is 1. The SMILES string of the molecule is N#Cc1ccc(-c2cnc3c(N)c(C(=O)N4CCCCC4)sc3n2)cn1. The molecule has 0 unspecified atom stereocenters. The Balaban J connectivity index is 1.70. The van der Waals surface area contributed by atoms with E-state index in [1.54, 1.807) is 24.5 Å². The number of carbonyl (C=O) groups is 1. The molecule has 0 spiro atoms. The van der Waals surface area contributed by atoms with Crippen LogP contribution in [0.1, 0.15) is 34.6 Å².